The zero-order chi connectivity index (χ0) is 18.5. The van der Waals surface area contributed by atoms with E-state index in [1.54, 1.807) is 12.4 Å². The lowest BCUT2D eigenvalue weighted by molar-refractivity contribution is 0.592. The van der Waals surface area contributed by atoms with E-state index >= 15 is 0 Å². The van der Waals surface area contributed by atoms with Gasteiger partial charge in [0.05, 0.1) is 6.54 Å². The van der Waals surface area contributed by atoms with E-state index in [0.29, 0.717) is 22.7 Å². The molecule has 0 aliphatic heterocycles. The van der Waals surface area contributed by atoms with Gasteiger partial charge in [0.25, 0.3) is 0 Å². The monoisotopic (exact) mass is 388 g/mol. The van der Waals surface area contributed by atoms with Gasteiger partial charge in [0.15, 0.2) is 11.0 Å². The first-order valence-corrected chi connectivity index (χ1v) is 10.1. The average Bonchev–Trinajstić information content (AvgIpc) is 3.02. The number of aromatic nitrogens is 4. The quantitative estimate of drug-likeness (QED) is 0.255. The summed E-state index contributed by atoms with van der Waals surface area (Å²) in [4.78, 5) is 17.3. The van der Waals surface area contributed by atoms with Crippen molar-refractivity contribution in [1.29, 1.82) is 0 Å². The van der Waals surface area contributed by atoms with Crippen LogP contribution in [0.4, 0.5) is 0 Å². The molecule has 1 aliphatic rings. The predicted octanol–water partition coefficient (Wildman–Crippen LogP) is 3.96. The van der Waals surface area contributed by atoms with Gasteiger partial charge >= 0.3 is 0 Å². The van der Waals surface area contributed by atoms with Gasteiger partial charge in [0.1, 0.15) is 10.8 Å². The fraction of sp³-hybridized carbons (Fsp3) is 0.389. The van der Waals surface area contributed by atoms with Gasteiger partial charge in [-0.25, -0.2) is 20.0 Å². The van der Waals surface area contributed by atoms with Gasteiger partial charge in [-0.2, -0.15) is 5.10 Å². The zero-order valence-corrected chi connectivity index (χ0v) is 16.5. The summed E-state index contributed by atoms with van der Waals surface area (Å²) in [5.74, 6) is 0.597. The van der Waals surface area contributed by atoms with Crippen LogP contribution in [0.2, 0.25) is 5.15 Å². The van der Waals surface area contributed by atoms with Crippen molar-refractivity contribution >= 4 is 35.4 Å². The van der Waals surface area contributed by atoms with E-state index in [9.17, 15) is 0 Å². The summed E-state index contributed by atoms with van der Waals surface area (Å²) < 4.78 is 2.00. The molecule has 0 atom stereocenters. The number of fused-ring (bicyclic) bond motifs is 1. The number of nitrogens with zero attached hydrogens (tertiary/aromatic N) is 6. The second kappa shape index (κ2) is 8.60. The van der Waals surface area contributed by atoms with Gasteiger partial charge in [0.2, 0.25) is 0 Å². The number of hydrogen-bond donors (Lipinski definition) is 0. The summed E-state index contributed by atoms with van der Waals surface area (Å²) in [5.41, 5.74) is 4.13. The third kappa shape index (κ3) is 3.88. The first-order valence-electron chi connectivity index (χ1n) is 8.49. The van der Waals surface area contributed by atoms with E-state index in [4.69, 9.17) is 16.7 Å². The lowest BCUT2D eigenvalue weighted by atomic mass is 9.95. The minimum atomic E-state index is 0.470. The van der Waals surface area contributed by atoms with Crippen LogP contribution in [-0.2, 0) is 19.4 Å². The van der Waals surface area contributed by atoms with Crippen molar-refractivity contribution in [2.45, 2.75) is 44.3 Å². The molecule has 1 aliphatic carbocycles. The number of rotatable bonds is 5. The Balaban J connectivity index is 2.03. The molecule has 3 rings (SSSR count). The number of hydrogen-bond acceptors (Lipinski definition) is 5. The summed E-state index contributed by atoms with van der Waals surface area (Å²) in [7, 11) is 0. The Bertz CT molecular complexity index is 871. The molecule has 2 aromatic heterocycles. The molecule has 0 bridgehead atoms. The number of thioether (sulfide) groups is 1. The van der Waals surface area contributed by atoms with Crippen LogP contribution in [-0.4, -0.2) is 38.1 Å². The summed E-state index contributed by atoms with van der Waals surface area (Å²) in [6.45, 7) is 6.09. The standard InChI is InChI=1S/C18H21ClN6S/c1-4-20-17(21-5-2)15-13-8-6-7-9-14(13)25(24-15)11-12-10-22-18(26-3)23-16(12)19/h4-5,10H,1,6-9,11H2,2-3H3. The van der Waals surface area contributed by atoms with Crippen LogP contribution in [0.3, 0.4) is 0 Å². The van der Waals surface area contributed by atoms with Gasteiger partial charge in [0, 0.05) is 35.4 Å². The highest BCUT2D eigenvalue weighted by molar-refractivity contribution is 7.98. The maximum absolute atomic E-state index is 6.34. The Morgan fingerprint density at radius 2 is 2.23 bits per heavy atom. The Morgan fingerprint density at radius 1 is 1.42 bits per heavy atom. The minimum Gasteiger partial charge on any atom is -0.264 e. The fourth-order valence-corrected chi connectivity index (χ4v) is 3.66. The van der Waals surface area contributed by atoms with Crippen LogP contribution < -0.4 is 0 Å². The highest BCUT2D eigenvalue weighted by atomic mass is 35.5. The molecule has 2 aromatic rings. The zero-order valence-electron chi connectivity index (χ0n) is 14.9. The van der Waals surface area contributed by atoms with E-state index in [2.05, 4.69) is 26.5 Å². The highest BCUT2D eigenvalue weighted by Gasteiger charge is 2.24. The molecular weight excluding hydrogens is 368 g/mol. The van der Waals surface area contributed by atoms with Gasteiger partial charge in [-0.3, -0.25) is 4.68 Å². The van der Waals surface area contributed by atoms with Crippen molar-refractivity contribution in [1.82, 2.24) is 19.7 Å². The van der Waals surface area contributed by atoms with E-state index in [1.165, 1.54) is 29.2 Å². The fourth-order valence-electron chi connectivity index (χ4n) is 3.08. The van der Waals surface area contributed by atoms with E-state index in [1.807, 2.05) is 17.9 Å². The van der Waals surface area contributed by atoms with E-state index in [0.717, 1.165) is 36.9 Å². The van der Waals surface area contributed by atoms with Crippen molar-refractivity contribution in [3.8, 4) is 0 Å². The predicted molar refractivity (Wildman–Crippen MR) is 108 cm³/mol. The molecule has 26 heavy (non-hydrogen) atoms. The van der Waals surface area contributed by atoms with Gasteiger partial charge in [-0.15, -0.1) is 0 Å². The molecule has 0 saturated carbocycles. The largest absolute Gasteiger partial charge is 0.264 e. The normalized spacial score (nSPS) is 14.7. The molecule has 0 spiro atoms. The van der Waals surface area contributed by atoms with Crippen LogP contribution in [0.25, 0.3) is 0 Å². The lowest BCUT2D eigenvalue weighted by Gasteiger charge is -2.14. The molecule has 0 aromatic carbocycles. The third-order valence-electron chi connectivity index (χ3n) is 4.23. The molecule has 0 radical (unpaired) electrons. The Labute approximate surface area is 162 Å². The van der Waals surface area contributed by atoms with Gasteiger partial charge < -0.3 is 0 Å². The van der Waals surface area contributed by atoms with Gasteiger partial charge in [-0.05, 0) is 38.9 Å². The molecule has 0 fully saturated rings. The molecular formula is C18H21ClN6S. The lowest BCUT2D eigenvalue weighted by Crippen LogP contribution is -2.11. The van der Waals surface area contributed by atoms with Crippen molar-refractivity contribution in [2.75, 3.05) is 6.26 Å². The first-order chi connectivity index (χ1) is 12.7. The first kappa shape index (κ1) is 18.8. The third-order valence-corrected chi connectivity index (χ3v) is 5.11. The number of halogens is 1. The topological polar surface area (TPSA) is 68.3 Å². The Hall–Kier alpha value is -1.99. The minimum absolute atomic E-state index is 0.470. The molecule has 6 nitrogen and oxygen atoms in total. The molecule has 8 heteroatoms. The average molecular weight is 389 g/mol. The second-order valence-corrected chi connectivity index (χ2v) is 6.97. The van der Waals surface area contributed by atoms with E-state index < -0.39 is 0 Å². The van der Waals surface area contributed by atoms with Crippen LogP contribution >= 0.6 is 23.4 Å². The SMILES string of the molecule is C=CN=C(N=CC)c1nn(Cc2cnc(SC)nc2Cl)c2c1CCCC2. The van der Waals surface area contributed by atoms with Crippen molar-refractivity contribution in [3.05, 3.63) is 46.6 Å². The van der Waals surface area contributed by atoms with Gasteiger partial charge in [-0.1, -0.05) is 29.9 Å². The number of aliphatic imine (C=N–C) groups is 2. The van der Waals surface area contributed by atoms with Crippen LogP contribution in [0.15, 0.2) is 34.1 Å². The molecule has 0 saturated heterocycles. The summed E-state index contributed by atoms with van der Waals surface area (Å²) >= 11 is 7.81. The van der Waals surface area contributed by atoms with Crippen molar-refractivity contribution in [3.63, 3.8) is 0 Å². The maximum atomic E-state index is 6.34. The smallest absolute Gasteiger partial charge is 0.188 e. The van der Waals surface area contributed by atoms with E-state index in [-0.39, 0.29) is 0 Å². The second-order valence-electron chi connectivity index (χ2n) is 5.83. The number of amidine groups is 1. The maximum Gasteiger partial charge on any atom is 0.188 e. The molecule has 2 heterocycles. The Kier molecular flexibility index (Phi) is 6.21. The Morgan fingerprint density at radius 3 is 2.92 bits per heavy atom. The molecule has 0 unspecified atom stereocenters. The summed E-state index contributed by atoms with van der Waals surface area (Å²) in [6.07, 6.45) is 11.2. The van der Waals surface area contributed by atoms with Crippen LogP contribution in [0.1, 0.15) is 42.3 Å². The molecule has 0 amide bonds. The summed E-state index contributed by atoms with van der Waals surface area (Å²) in [6, 6.07) is 0. The molecule has 0 N–H and O–H groups in total. The van der Waals surface area contributed by atoms with Crippen molar-refractivity contribution < 1.29 is 0 Å². The summed E-state index contributed by atoms with van der Waals surface area (Å²) in [5, 5.41) is 5.95. The van der Waals surface area contributed by atoms with Crippen molar-refractivity contribution in [2.24, 2.45) is 9.98 Å². The van der Waals surface area contributed by atoms with Crippen LogP contribution in [0.5, 0.6) is 0 Å². The highest BCUT2D eigenvalue weighted by Crippen LogP contribution is 2.27. The van der Waals surface area contributed by atoms with Crippen LogP contribution in [0, 0.1) is 0 Å². The molecule has 136 valence electrons.